The summed E-state index contributed by atoms with van der Waals surface area (Å²) in [6.45, 7) is 1.88. The van der Waals surface area contributed by atoms with Crippen molar-refractivity contribution in [2.75, 3.05) is 7.11 Å². The monoisotopic (exact) mass is 377 g/mol. The number of rotatable bonds is 2. The highest BCUT2D eigenvalue weighted by atomic mass is 16.5. The van der Waals surface area contributed by atoms with Crippen molar-refractivity contribution in [3.05, 3.63) is 57.6 Å². The Hall–Kier alpha value is -3.17. The molecule has 6 heteroatoms. The number of nitriles is 1. The molecule has 6 nitrogen and oxygen atoms in total. The van der Waals surface area contributed by atoms with Crippen LogP contribution in [0.5, 0.6) is 11.5 Å². The van der Waals surface area contributed by atoms with E-state index in [1.54, 1.807) is 12.1 Å². The molecule has 0 radical (unpaired) electrons. The molecule has 0 fully saturated rings. The lowest BCUT2D eigenvalue weighted by atomic mass is 9.68. The number of carbonyl (C=O) groups excluding carboxylic acids is 2. The SMILES string of the molecule is CCC1CCc2c(cc3c(c2O)C(=O)c2c(OC)cccc2C3=O)C1(O)C#N. The second kappa shape index (κ2) is 6.18. The normalized spacial score (nSPS) is 22.7. The summed E-state index contributed by atoms with van der Waals surface area (Å²) in [5.41, 5.74) is -1.02. The molecular formula is C22H19NO5. The minimum absolute atomic E-state index is 0.00688. The van der Waals surface area contributed by atoms with Crippen molar-refractivity contribution in [1.29, 1.82) is 5.26 Å². The van der Waals surface area contributed by atoms with Crippen LogP contribution in [0.15, 0.2) is 24.3 Å². The molecule has 4 rings (SSSR count). The van der Waals surface area contributed by atoms with Crippen molar-refractivity contribution in [2.24, 2.45) is 5.92 Å². The Labute approximate surface area is 162 Å². The molecule has 2 N–H and O–H groups in total. The van der Waals surface area contributed by atoms with Crippen LogP contribution in [-0.2, 0) is 12.0 Å². The van der Waals surface area contributed by atoms with Crippen LogP contribution in [0.25, 0.3) is 0 Å². The average molecular weight is 377 g/mol. The number of methoxy groups -OCH3 is 1. The Morgan fingerprint density at radius 2 is 2.00 bits per heavy atom. The maximum absolute atomic E-state index is 13.2. The lowest BCUT2D eigenvalue weighted by Crippen LogP contribution is -2.39. The summed E-state index contributed by atoms with van der Waals surface area (Å²) in [7, 11) is 1.41. The third-order valence-corrected chi connectivity index (χ3v) is 6.00. The Balaban J connectivity index is 2.02. The quantitative estimate of drug-likeness (QED) is 0.665. The van der Waals surface area contributed by atoms with Gasteiger partial charge in [-0.2, -0.15) is 5.26 Å². The molecule has 2 aromatic carbocycles. The maximum Gasteiger partial charge on any atom is 0.201 e. The Kier molecular flexibility index (Phi) is 4.02. The molecule has 2 aromatic rings. The number of hydrogen-bond donors (Lipinski definition) is 2. The van der Waals surface area contributed by atoms with E-state index in [0.29, 0.717) is 24.8 Å². The summed E-state index contributed by atoms with van der Waals surface area (Å²) in [4.78, 5) is 26.3. The van der Waals surface area contributed by atoms with Gasteiger partial charge in [0.2, 0.25) is 5.78 Å². The molecule has 2 aliphatic rings. The van der Waals surface area contributed by atoms with Crippen molar-refractivity contribution >= 4 is 11.6 Å². The number of aromatic hydroxyl groups is 1. The van der Waals surface area contributed by atoms with Crippen LogP contribution >= 0.6 is 0 Å². The average Bonchev–Trinajstić information content (AvgIpc) is 2.71. The zero-order valence-corrected chi connectivity index (χ0v) is 15.6. The van der Waals surface area contributed by atoms with Gasteiger partial charge in [0, 0.05) is 28.2 Å². The van der Waals surface area contributed by atoms with Crippen molar-refractivity contribution < 1.29 is 24.5 Å². The fraction of sp³-hybridized carbons (Fsp3) is 0.318. The summed E-state index contributed by atoms with van der Waals surface area (Å²) >= 11 is 0. The number of ether oxygens (including phenoxy) is 1. The summed E-state index contributed by atoms with van der Waals surface area (Å²) in [6, 6.07) is 8.11. The third kappa shape index (κ3) is 2.17. The summed E-state index contributed by atoms with van der Waals surface area (Å²) in [5.74, 6) is -1.32. The Morgan fingerprint density at radius 3 is 2.64 bits per heavy atom. The highest BCUT2D eigenvalue weighted by Gasteiger charge is 2.46. The molecule has 0 amide bonds. The minimum atomic E-state index is -1.81. The predicted molar refractivity (Wildman–Crippen MR) is 99.6 cm³/mol. The first kappa shape index (κ1) is 18.2. The topological polar surface area (TPSA) is 108 Å². The van der Waals surface area contributed by atoms with E-state index in [9.17, 15) is 25.1 Å². The Bertz CT molecular complexity index is 1080. The number of ketones is 2. The van der Waals surface area contributed by atoms with Gasteiger partial charge < -0.3 is 14.9 Å². The molecular weight excluding hydrogens is 358 g/mol. The van der Waals surface area contributed by atoms with E-state index in [4.69, 9.17) is 4.74 Å². The third-order valence-electron chi connectivity index (χ3n) is 6.00. The van der Waals surface area contributed by atoms with E-state index in [2.05, 4.69) is 0 Å². The maximum atomic E-state index is 13.2. The zero-order chi connectivity index (χ0) is 20.2. The van der Waals surface area contributed by atoms with Crippen molar-refractivity contribution in [2.45, 2.75) is 31.8 Å². The van der Waals surface area contributed by atoms with Gasteiger partial charge in [0.1, 0.15) is 17.6 Å². The van der Waals surface area contributed by atoms with Crippen LogP contribution in [0.1, 0.15) is 62.7 Å². The lowest BCUT2D eigenvalue weighted by molar-refractivity contribution is 0.0169. The molecule has 28 heavy (non-hydrogen) atoms. The van der Waals surface area contributed by atoms with Gasteiger partial charge in [-0.15, -0.1) is 0 Å². The molecule has 0 saturated carbocycles. The van der Waals surface area contributed by atoms with Gasteiger partial charge in [-0.3, -0.25) is 9.59 Å². The van der Waals surface area contributed by atoms with Crippen molar-refractivity contribution in [3.8, 4) is 17.6 Å². The van der Waals surface area contributed by atoms with Crippen molar-refractivity contribution in [3.63, 3.8) is 0 Å². The molecule has 0 heterocycles. The van der Waals surface area contributed by atoms with Crippen LogP contribution in [0.4, 0.5) is 0 Å². The zero-order valence-electron chi connectivity index (χ0n) is 15.6. The first-order valence-corrected chi connectivity index (χ1v) is 9.18. The number of phenolic OH excluding ortho intramolecular Hbond substituents is 1. The van der Waals surface area contributed by atoms with Crippen molar-refractivity contribution in [1.82, 2.24) is 0 Å². The number of hydrogen-bond acceptors (Lipinski definition) is 6. The molecule has 0 saturated heterocycles. The van der Waals surface area contributed by atoms with Crippen LogP contribution in [0.3, 0.4) is 0 Å². The van der Waals surface area contributed by atoms with Crippen LogP contribution in [-0.4, -0.2) is 28.9 Å². The van der Waals surface area contributed by atoms with Crippen LogP contribution in [0.2, 0.25) is 0 Å². The van der Waals surface area contributed by atoms with Gasteiger partial charge in [-0.1, -0.05) is 19.1 Å². The van der Waals surface area contributed by atoms with Crippen LogP contribution < -0.4 is 4.74 Å². The van der Waals surface area contributed by atoms with E-state index in [1.807, 2.05) is 13.0 Å². The fourth-order valence-electron chi connectivity index (χ4n) is 4.50. The largest absolute Gasteiger partial charge is 0.507 e. The molecule has 2 atom stereocenters. The van der Waals surface area contributed by atoms with Crippen LogP contribution in [0, 0.1) is 17.2 Å². The standard InChI is InChI=1S/C22H19NO5/c1-3-11-7-8-12-15(22(11,27)10-23)9-14-18(20(12)25)21(26)17-13(19(14)24)5-4-6-16(17)28-2/h4-6,9,11,25,27H,3,7-8H2,1-2H3. The molecule has 0 spiro atoms. The second-order valence-electron chi connectivity index (χ2n) is 7.24. The van der Waals surface area contributed by atoms with Gasteiger partial charge in [0.05, 0.1) is 18.2 Å². The Morgan fingerprint density at radius 1 is 1.25 bits per heavy atom. The molecule has 2 aliphatic carbocycles. The van der Waals surface area contributed by atoms with E-state index in [0.717, 1.165) is 0 Å². The molecule has 0 aliphatic heterocycles. The summed E-state index contributed by atoms with van der Waals surface area (Å²) in [5, 5.41) is 31.7. The van der Waals surface area contributed by atoms with Gasteiger partial charge in [0.15, 0.2) is 11.4 Å². The summed E-state index contributed by atoms with van der Waals surface area (Å²) < 4.78 is 5.24. The molecule has 0 aromatic heterocycles. The van der Waals surface area contributed by atoms with Gasteiger partial charge >= 0.3 is 0 Å². The van der Waals surface area contributed by atoms with Gasteiger partial charge in [-0.25, -0.2) is 0 Å². The lowest BCUT2D eigenvalue weighted by Gasteiger charge is -2.37. The smallest absolute Gasteiger partial charge is 0.201 e. The fourth-order valence-corrected chi connectivity index (χ4v) is 4.50. The van der Waals surface area contributed by atoms with E-state index in [-0.39, 0.29) is 45.2 Å². The van der Waals surface area contributed by atoms with E-state index < -0.39 is 17.2 Å². The first-order chi connectivity index (χ1) is 13.4. The molecule has 2 unspecified atom stereocenters. The number of fused-ring (bicyclic) bond motifs is 3. The number of phenols is 1. The number of aliphatic hydroxyl groups is 1. The highest BCUT2D eigenvalue weighted by molar-refractivity contribution is 6.30. The first-order valence-electron chi connectivity index (χ1n) is 9.18. The number of benzene rings is 2. The number of carbonyl (C=O) groups is 2. The predicted octanol–water partition coefficient (Wildman–Crippen LogP) is 2.86. The van der Waals surface area contributed by atoms with Gasteiger partial charge in [0.25, 0.3) is 0 Å². The van der Waals surface area contributed by atoms with E-state index >= 15 is 0 Å². The summed E-state index contributed by atoms with van der Waals surface area (Å²) in [6.07, 6.45) is 1.49. The minimum Gasteiger partial charge on any atom is -0.507 e. The van der Waals surface area contributed by atoms with E-state index in [1.165, 1.54) is 19.2 Å². The molecule has 142 valence electrons. The second-order valence-corrected chi connectivity index (χ2v) is 7.24. The number of nitrogens with zero attached hydrogens (tertiary/aromatic N) is 1. The highest BCUT2D eigenvalue weighted by Crippen LogP contribution is 2.48. The molecule has 0 bridgehead atoms. The van der Waals surface area contributed by atoms with Gasteiger partial charge in [-0.05, 0) is 31.4 Å².